The molecule has 4 N–H and O–H groups in total. The van der Waals surface area contributed by atoms with Crippen LogP contribution in [-0.2, 0) is 19.0 Å². The van der Waals surface area contributed by atoms with Crippen LogP contribution in [0.3, 0.4) is 0 Å². The minimum atomic E-state index is -1.74. The first kappa shape index (κ1) is 25.7. The summed E-state index contributed by atoms with van der Waals surface area (Å²) in [5.41, 5.74) is 5.90. The van der Waals surface area contributed by atoms with E-state index < -0.39 is 60.3 Å². The van der Waals surface area contributed by atoms with Crippen molar-refractivity contribution in [2.75, 3.05) is 13.7 Å². The average Bonchev–Trinajstić information content (AvgIpc) is 2.65. The number of aliphatic hydroxyl groups is 3. The molecule has 0 aromatic rings. The van der Waals surface area contributed by atoms with Crippen molar-refractivity contribution in [2.24, 2.45) is 5.11 Å². The molecule has 1 fully saturated rings. The van der Waals surface area contributed by atoms with Crippen molar-refractivity contribution in [2.45, 2.75) is 75.3 Å². The van der Waals surface area contributed by atoms with E-state index in [4.69, 9.17) is 19.7 Å². The number of esters is 1. The van der Waals surface area contributed by atoms with E-state index in [9.17, 15) is 24.9 Å². The minimum absolute atomic E-state index is 0.0639. The number of methoxy groups -OCH3 is 1. The summed E-state index contributed by atoms with van der Waals surface area (Å²) >= 11 is 0. The Balaban J connectivity index is 3.27. The number of alkyl carbamates (subject to hydrolysis) is 1. The van der Waals surface area contributed by atoms with Crippen molar-refractivity contribution in [3.05, 3.63) is 23.1 Å². The summed E-state index contributed by atoms with van der Waals surface area (Å²) in [5, 5.41) is 37.1. The van der Waals surface area contributed by atoms with Gasteiger partial charge in [0.2, 0.25) is 0 Å². The molecule has 0 bridgehead atoms. The number of carbonyl (C=O) groups is 2. The molecule has 170 valence electrons. The number of rotatable bonds is 8. The van der Waals surface area contributed by atoms with Crippen molar-refractivity contribution in [3.63, 3.8) is 0 Å². The van der Waals surface area contributed by atoms with Crippen LogP contribution in [0.4, 0.5) is 4.79 Å². The molecule has 12 heteroatoms. The first-order chi connectivity index (χ1) is 13.9. The van der Waals surface area contributed by atoms with Gasteiger partial charge in [0, 0.05) is 17.8 Å². The van der Waals surface area contributed by atoms with Crippen LogP contribution in [0.25, 0.3) is 10.4 Å². The number of hydrogen-bond acceptors (Lipinski definition) is 9. The van der Waals surface area contributed by atoms with Gasteiger partial charge in [-0.15, -0.1) is 6.58 Å². The van der Waals surface area contributed by atoms with Crippen molar-refractivity contribution in [1.29, 1.82) is 0 Å². The lowest BCUT2D eigenvalue weighted by Gasteiger charge is -2.47. The van der Waals surface area contributed by atoms with E-state index >= 15 is 0 Å². The average molecular weight is 430 g/mol. The topological polar surface area (TPSA) is 183 Å². The zero-order valence-corrected chi connectivity index (χ0v) is 17.5. The maximum atomic E-state index is 12.4. The van der Waals surface area contributed by atoms with Crippen LogP contribution in [0, 0.1) is 0 Å². The van der Waals surface area contributed by atoms with Crippen molar-refractivity contribution in [1.82, 2.24) is 5.32 Å². The number of azide groups is 1. The highest BCUT2D eigenvalue weighted by Gasteiger charge is 2.54. The van der Waals surface area contributed by atoms with Gasteiger partial charge in [-0.25, -0.2) is 9.59 Å². The van der Waals surface area contributed by atoms with Crippen LogP contribution in [0.1, 0.15) is 33.6 Å². The van der Waals surface area contributed by atoms with Gasteiger partial charge in [0.15, 0.2) is 5.60 Å². The highest BCUT2D eigenvalue weighted by molar-refractivity contribution is 5.80. The molecule has 0 aliphatic carbocycles. The summed E-state index contributed by atoms with van der Waals surface area (Å²) in [4.78, 5) is 27.2. The molecule has 0 spiro atoms. The molecular formula is C18H30N4O8. The Labute approximate surface area is 174 Å². The second-order valence-electron chi connectivity index (χ2n) is 7.98. The predicted molar refractivity (Wildman–Crippen MR) is 104 cm³/mol. The van der Waals surface area contributed by atoms with Crippen LogP contribution < -0.4 is 5.32 Å². The number of amides is 1. The van der Waals surface area contributed by atoms with E-state index in [1.807, 2.05) is 0 Å². The number of nitrogens with one attached hydrogen (secondary N) is 1. The quantitative estimate of drug-likeness (QED) is 0.141. The number of ether oxygens (including phenoxy) is 3. The first-order valence-electron chi connectivity index (χ1n) is 9.32. The van der Waals surface area contributed by atoms with Crippen LogP contribution in [-0.4, -0.2) is 82.7 Å². The van der Waals surface area contributed by atoms with Gasteiger partial charge in [0.25, 0.3) is 0 Å². The molecule has 0 saturated carbocycles. The number of carbonyl (C=O) groups excluding carboxylic acids is 2. The lowest BCUT2D eigenvalue weighted by molar-refractivity contribution is -0.227. The predicted octanol–water partition coefficient (Wildman–Crippen LogP) is 0.550. The van der Waals surface area contributed by atoms with E-state index in [2.05, 4.69) is 21.9 Å². The van der Waals surface area contributed by atoms with Gasteiger partial charge >= 0.3 is 12.1 Å². The standard InChI is InChI=1S/C18H30N4O8/c1-6-7-18(15(26)28-5)8-10(23)12(21-16(27)30-17(2,3)4)14(29-18)13(25)11(24)9-20-22-19/h6,10-14,23-25H,1,7-9H2,2-5H3,(H,21,27)/t10?,11-,12?,13-,14?,18?/m1/s1. The molecule has 0 aromatic carbocycles. The van der Waals surface area contributed by atoms with Crippen molar-refractivity contribution < 1.29 is 39.1 Å². The van der Waals surface area contributed by atoms with Gasteiger partial charge in [-0.2, -0.15) is 0 Å². The Morgan fingerprint density at radius 2 is 2.10 bits per heavy atom. The first-order valence-corrected chi connectivity index (χ1v) is 9.32. The largest absolute Gasteiger partial charge is 0.467 e. The van der Waals surface area contributed by atoms with Crippen LogP contribution >= 0.6 is 0 Å². The summed E-state index contributed by atoms with van der Waals surface area (Å²) in [7, 11) is 1.13. The second kappa shape index (κ2) is 10.6. The van der Waals surface area contributed by atoms with E-state index in [1.54, 1.807) is 20.8 Å². The highest BCUT2D eigenvalue weighted by Crippen LogP contribution is 2.36. The number of hydrogen-bond donors (Lipinski definition) is 4. The lowest BCUT2D eigenvalue weighted by atomic mass is 9.82. The zero-order valence-electron chi connectivity index (χ0n) is 17.5. The normalized spacial score (nSPS) is 28.4. The number of aliphatic hydroxyl groups excluding tert-OH is 3. The third kappa shape index (κ3) is 6.57. The van der Waals surface area contributed by atoms with Gasteiger partial charge < -0.3 is 34.8 Å². The monoisotopic (exact) mass is 430 g/mol. The smallest absolute Gasteiger partial charge is 0.408 e. The summed E-state index contributed by atoms with van der Waals surface area (Å²) < 4.78 is 15.8. The highest BCUT2D eigenvalue weighted by atomic mass is 16.6. The molecule has 12 nitrogen and oxygen atoms in total. The molecule has 1 saturated heterocycles. The molecule has 1 rings (SSSR count). The van der Waals surface area contributed by atoms with Crippen molar-refractivity contribution in [3.8, 4) is 0 Å². The van der Waals surface area contributed by atoms with Gasteiger partial charge in [-0.1, -0.05) is 11.2 Å². The van der Waals surface area contributed by atoms with Crippen LogP contribution in [0.5, 0.6) is 0 Å². The third-order valence-electron chi connectivity index (χ3n) is 4.45. The minimum Gasteiger partial charge on any atom is -0.467 e. The Morgan fingerprint density at radius 1 is 1.47 bits per heavy atom. The fraction of sp³-hybridized carbons (Fsp3) is 0.778. The van der Waals surface area contributed by atoms with Crippen molar-refractivity contribution >= 4 is 12.1 Å². The third-order valence-corrected chi connectivity index (χ3v) is 4.45. The van der Waals surface area contributed by atoms with E-state index in [0.29, 0.717) is 0 Å². The van der Waals surface area contributed by atoms with Crippen LogP contribution in [0.15, 0.2) is 17.8 Å². The molecule has 1 aliphatic rings. The van der Waals surface area contributed by atoms with E-state index in [-0.39, 0.29) is 12.8 Å². The SMILES string of the molecule is C=CCC1(C(=O)OC)CC(O)C(NC(=O)OC(C)(C)C)C([C@H](O)[C@H](O)CN=[N+]=[N-])O1. The molecule has 4 unspecified atom stereocenters. The van der Waals surface area contributed by atoms with E-state index in [0.717, 1.165) is 7.11 Å². The summed E-state index contributed by atoms with van der Waals surface area (Å²) in [5.74, 6) is -0.820. The Kier molecular flexibility index (Phi) is 9.07. The van der Waals surface area contributed by atoms with Gasteiger partial charge in [0.05, 0.1) is 31.9 Å². The van der Waals surface area contributed by atoms with Gasteiger partial charge in [-0.3, -0.25) is 0 Å². The molecule has 1 heterocycles. The molecular weight excluding hydrogens is 400 g/mol. The Hall–Kier alpha value is -2.37. The zero-order chi connectivity index (χ0) is 23.1. The summed E-state index contributed by atoms with van der Waals surface area (Å²) in [6.07, 6.45) is -6.04. The molecule has 0 radical (unpaired) electrons. The van der Waals surface area contributed by atoms with Gasteiger partial charge in [-0.05, 0) is 26.3 Å². The molecule has 6 atom stereocenters. The molecule has 1 amide bonds. The summed E-state index contributed by atoms with van der Waals surface area (Å²) in [6, 6.07) is -1.25. The number of nitrogens with zero attached hydrogens (tertiary/aromatic N) is 3. The Morgan fingerprint density at radius 3 is 2.60 bits per heavy atom. The van der Waals surface area contributed by atoms with E-state index in [1.165, 1.54) is 6.08 Å². The molecule has 1 aliphatic heterocycles. The molecule has 30 heavy (non-hydrogen) atoms. The van der Waals surface area contributed by atoms with Gasteiger partial charge in [0.1, 0.15) is 17.8 Å². The lowest BCUT2D eigenvalue weighted by Crippen LogP contribution is -2.67. The maximum Gasteiger partial charge on any atom is 0.408 e. The fourth-order valence-electron chi connectivity index (χ4n) is 3.18. The van der Waals surface area contributed by atoms with Crippen LogP contribution in [0.2, 0.25) is 0 Å². The molecule has 0 aromatic heterocycles. The Bertz CT molecular complexity index is 676. The fourth-order valence-corrected chi connectivity index (χ4v) is 3.18. The maximum absolute atomic E-state index is 12.4. The second-order valence-corrected chi connectivity index (χ2v) is 7.98. The summed E-state index contributed by atoms with van der Waals surface area (Å²) in [6.45, 7) is 7.99.